The Morgan fingerprint density at radius 2 is 1.81 bits per heavy atom. The largest absolute Gasteiger partial charge is 0.464 e. The number of esters is 1. The predicted molar refractivity (Wildman–Crippen MR) is 99.7 cm³/mol. The molecule has 7 nitrogen and oxygen atoms in total. The molecule has 0 bridgehead atoms. The second kappa shape index (κ2) is 9.15. The van der Waals surface area contributed by atoms with Gasteiger partial charge < -0.3 is 14.5 Å². The van der Waals surface area contributed by atoms with Crippen LogP contribution in [0.15, 0.2) is 36.4 Å². The first-order valence-corrected chi connectivity index (χ1v) is 8.65. The first-order valence-electron chi connectivity index (χ1n) is 8.65. The van der Waals surface area contributed by atoms with Crippen LogP contribution in [0.2, 0.25) is 0 Å². The molecule has 1 aromatic heterocycles. The molecule has 1 heterocycles. The van der Waals surface area contributed by atoms with Gasteiger partial charge in [-0.15, -0.1) is 0 Å². The Labute approximate surface area is 154 Å². The minimum absolute atomic E-state index is 0.115. The van der Waals surface area contributed by atoms with Crippen molar-refractivity contribution in [2.24, 2.45) is 0 Å². The van der Waals surface area contributed by atoms with Crippen molar-refractivity contribution in [2.45, 2.75) is 13.3 Å². The van der Waals surface area contributed by atoms with Gasteiger partial charge in [0.15, 0.2) is 5.69 Å². The molecule has 0 spiro atoms. The zero-order valence-corrected chi connectivity index (χ0v) is 15.8. The fourth-order valence-corrected chi connectivity index (χ4v) is 2.57. The van der Waals surface area contributed by atoms with Crippen molar-refractivity contribution in [3.05, 3.63) is 47.8 Å². The van der Waals surface area contributed by atoms with Crippen LogP contribution in [-0.2, 0) is 4.74 Å². The maximum atomic E-state index is 13.2. The molecule has 0 aliphatic rings. The number of carbonyl (C=O) groups is 2. The lowest BCUT2D eigenvalue weighted by atomic mass is 10.2. The Hall–Kier alpha value is -2.67. The topological polar surface area (TPSA) is 67.7 Å². The van der Waals surface area contributed by atoms with Crippen molar-refractivity contribution in [3.63, 3.8) is 0 Å². The number of amides is 1. The number of ether oxygens (including phenoxy) is 1. The summed E-state index contributed by atoms with van der Waals surface area (Å²) in [6.07, 6.45) is 0.850. The molecule has 0 saturated heterocycles. The van der Waals surface area contributed by atoms with Gasteiger partial charge in [0.1, 0.15) is 5.69 Å². The number of methoxy groups -OCH3 is 1. The second-order valence-corrected chi connectivity index (χ2v) is 6.25. The molecule has 26 heavy (non-hydrogen) atoms. The maximum Gasteiger partial charge on any atom is 0.358 e. The van der Waals surface area contributed by atoms with Crippen LogP contribution in [0.4, 0.5) is 0 Å². The number of nitrogens with zero attached hydrogens (tertiary/aromatic N) is 4. The van der Waals surface area contributed by atoms with Gasteiger partial charge in [-0.3, -0.25) is 4.79 Å². The first-order chi connectivity index (χ1) is 12.5. The van der Waals surface area contributed by atoms with E-state index in [2.05, 4.69) is 5.10 Å². The summed E-state index contributed by atoms with van der Waals surface area (Å²) >= 11 is 0. The quantitative estimate of drug-likeness (QED) is 0.676. The highest BCUT2D eigenvalue weighted by atomic mass is 16.5. The van der Waals surface area contributed by atoms with E-state index in [-0.39, 0.29) is 11.6 Å². The van der Waals surface area contributed by atoms with Crippen molar-refractivity contribution >= 4 is 11.9 Å². The molecule has 2 aromatic rings. The summed E-state index contributed by atoms with van der Waals surface area (Å²) in [4.78, 5) is 28.9. The Morgan fingerprint density at radius 1 is 1.12 bits per heavy atom. The average Bonchev–Trinajstić information content (AvgIpc) is 3.10. The number of carbonyl (C=O) groups excluding carboxylic acids is 2. The summed E-state index contributed by atoms with van der Waals surface area (Å²) in [6.45, 7) is 4.03. The molecule has 0 aliphatic heterocycles. The fourth-order valence-electron chi connectivity index (χ4n) is 2.57. The number of hydrogen-bond donors (Lipinski definition) is 0. The molecule has 0 radical (unpaired) electrons. The normalized spacial score (nSPS) is 10.8. The van der Waals surface area contributed by atoms with Gasteiger partial charge in [0.05, 0.1) is 12.8 Å². The Kier molecular flexibility index (Phi) is 6.91. The number of hydrogen-bond acceptors (Lipinski definition) is 5. The summed E-state index contributed by atoms with van der Waals surface area (Å²) in [5, 5.41) is 4.29. The molecule has 1 amide bonds. The third-order valence-electron chi connectivity index (χ3n) is 3.92. The van der Waals surface area contributed by atoms with E-state index in [1.54, 1.807) is 4.90 Å². The lowest BCUT2D eigenvalue weighted by Crippen LogP contribution is -2.38. The van der Waals surface area contributed by atoms with E-state index in [1.165, 1.54) is 17.9 Å². The zero-order valence-electron chi connectivity index (χ0n) is 15.8. The van der Waals surface area contributed by atoms with Gasteiger partial charge in [0.2, 0.25) is 0 Å². The smallest absolute Gasteiger partial charge is 0.358 e. The molecule has 2 rings (SSSR count). The highest BCUT2D eigenvalue weighted by Crippen LogP contribution is 2.16. The third kappa shape index (κ3) is 4.70. The van der Waals surface area contributed by atoms with E-state index in [9.17, 15) is 9.59 Å². The van der Waals surface area contributed by atoms with Crippen LogP contribution in [0.1, 0.15) is 34.3 Å². The summed E-state index contributed by atoms with van der Waals surface area (Å²) < 4.78 is 6.27. The Morgan fingerprint density at radius 3 is 2.38 bits per heavy atom. The number of aromatic nitrogens is 2. The minimum atomic E-state index is -0.566. The highest BCUT2D eigenvalue weighted by Gasteiger charge is 2.24. The van der Waals surface area contributed by atoms with Gasteiger partial charge >= 0.3 is 5.97 Å². The van der Waals surface area contributed by atoms with E-state index in [0.29, 0.717) is 18.8 Å². The SMILES string of the molecule is CCCN(CCN(C)C)C(=O)c1cc(C(=O)OC)nn1-c1ccccc1. The van der Waals surface area contributed by atoms with E-state index in [4.69, 9.17) is 4.74 Å². The van der Waals surface area contributed by atoms with Crippen molar-refractivity contribution < 1.29 is 14.3 Å². The molecule has 7 heteroatoms. The van der Waals surface area contributed by atoms with Crippen LogP contribution in [0.5, 0.6) is 0 Å². The highest BCUT2D eigenvalue weighted by molar-refractivity contribution is 5.96. The predicted octanol–water partition coefficient (Wildman–Crippen LogP) is 2.07. The molecule has 0 fully saturated rings. The number of rotatable bonds is 8. The molecule has 0 unspecified atom stereocenters. The number of likely N-dealkylation sites (N-methyl/N-ethyl adjacent to an activating group) is 1. The molecule has 0 atom stereocenters. The Bertz CT molecular complexity index is 740. The minimum Gasteiger partial charge on any atom is -0.464 e. The standard InChI is InChI=1S/C19H26N4O3/c1-5-11-22(13-12-21(2)3)18(24)17-14-16(19(25)26-4)20-23(17)15-9-7-6-8-10-15/h6-10,14H,5,11-13H2,1-4H3. The first kappa shape index (κ1) is 19.7. The molecule has 140 valence electrons. The van der Waals surface area contributed by atoms with Gasteiger partial charge in [0, 0.05) is 25.7 Å². The fraction of sp³-hybridized carbons (Fsp3) is 0.421. The van der Waals surface area contributed by atoms with Crippen molar-refractivity contribution in [1.82, 2.24) is 19.6 Å². The van der Waals surface area contributed by atoms with Crippen LogP contribution in [0, 0.1) is 0 Å². The van der Waals surface area contributed by atoms with E-state index >= 15 is 0 Å². The van der Waals surface area contributed by atoms with Crippen molar-refractivity contribution in [3.8, 4) is 5.69 Å². The van der Waals surface area contributed by atoms with Gasteiger partial charge in [-0.05, 0) is 32.6 Å². The summed E-state index contributed by atoms with van der Waals surface area (Å²) in [5.41, 5.74) is 1.18. The van der Waals surface area contributed by atoms with E-state index < -0.39 is 5.97 Å². The summed E-state index contributed by atoms with van der Waals surface area (Å²) in [6, 6.07) is 10.8. The zero-order chi connectivity index (χ0) is 19.1. The summed E-state index contributed by atoms with van der Waals surface area (Å²) in [5.74, 6) is -0.718. The van der Waals surface area contributed by atoms with Gasteiger partial charge in [-0.1, -0.05) is 25.1 Å². The van der Waals surface area contributed by atoms with Crippen LogP contribution in [0.25, 0.3) is 5.69 Å². The maximum absolute atomic E-state index is 13.2. The van der Waals surface area contributed by atoms with E-state index in [1.807, 2.05) is 56.3 Å². The molecule has 0 saturated carbocycles. The van der Waals surface area contributed by atoms with Crippen LogP contribution < -0.4 is 0 Å². The lowest BCUT2D eigenvalue weighted by Gasteiger charge is -2.24. The molecule has 0 aliphatic carbocycles. The monoisotopic (exact) mass is 358 g/mol. The van der Waals surface area contributed by atoms with Crippen molar-refractivity contribution in [2.75, 3.05) is 40.8 Å². The van der Waals surface area contributed by atoms with Crippen LogP contribution in [-0.4, -0.2) is 72.3 Å². The van der Waals surface area contributed by atoms with Crippen LogP contribution >= 0.6 is 0 Å². The second-order valence-electron chi connectivity index (χ2n) is 6.25. The molecular formula is C19H26N4O3. The van der Waals surface area contributed by atoms with Crippen LogP contribution in [0.3, 0.4) is 0 Å². The van der Waals surface area contributed by atoms with E-state index in [0.717, 1.165) is 18.7 Å². The molecule has 0 N–H and O–H groups in total. The number of para-hydroxylation sites is 1. The van der Waals surface area contributed by atoms with Gasteiger partial charge in [0.25, 0.3) is 5.91 Å². The molecule has 1 aromatic carbocycles. The third-order valence-corrected chi connectivity index (χ3v) is 3.92. The van der Waals surface area contributed by atoms with Crippen molar-refractivity contribution in [1.29, 1.82) is 0 Å². The summed E-state index contributed by atoms with van der Waals surface area (Å²) in [7, 11) is 5.24. The van der Waals surface area contributed by atoms with Gasteiger partial charge in [-0.25, -0.2) is 9.48 Å². The molecular weight excluding hydrogens is 332 g/mol. The van der Waals surface area contributed by atoms with Gasteiger partial charge in [-0.2, -0.15) is 5.10 Å². The lowest BCUT2D eigenvalue weighted by molar-refractivity contribution is 0.0593. The Balaban J connectivity index is 2.42. The number of benzene rings is 1. The average molecular weight is 358 g/mol.